The highest BCUT2D eigenvalue weighted by atomic mass is 35.5. The molecule has 0 atom stereocenters. The van der Waals surface area contributed by atoms with E-state index in [0.29, 0.717) is 21.8 Å². The van der Waals surface area contributed by atoms with Gasteiger partial charge in [-0.1, -0.05) is 41.9 Å². The average molecular weight is 367 g/mol. The van der Waals surface area contributed by atoms with Crippen molar-refractivity contribution in [1.82, 2.24) is 4.98 Å². The summed E-state index contributed by atoms with van der Waals surface area (Å²) in [5.41, 5.74) is 1.04. The van der Waals surface area contributed by atoms with Crippen molar-refractivity contribution in [2.24, 2.45) is 0 Å². The molecule has 6 heteroatoms. The zero-order valence-corrected chi connectivity index (χ0v) is 14.6. The summed E-state index contributed by atoms with van der Waals surface area (Å²) in [7, 11) is 0. The molecule has 0 aliphatic rings. The van der Waals surface area contributed by atoms with E-state index in [2.05, 4.69) is 10.3 Å². The Morgan fingerprint density at radius 1 is 1.00 bits per heavy atom. The van der Waals surface area contributed by atoms with Gasteiger partial charge in [0, 0.05) is 16.7 Å². The number of ketones is 1. The van der Waals surface area contributed by atoms with Crippen molar-refractivity contribution in [3.05, 3.63) is 87.0 Å². The number of benzene rings is 2. The average Bonchev–Trinajstić information content (AvgIpc) is 2.62. The number of hydrogen-bond acceptors (Lipinski definition) is 3. The summed E-state index contributed by atoms with van der Waals surface area (Å²) >= 11 is 5.89. The van der Waals surface area contributed by atoms with Crippen LogP contribution in [0.3, 0.4) is 0 Å². The Kier molecular flexibility index (Phi) is 5.00. The van der Waals surface area contributed by atoms with Crippen molar-refractivity contribution in [3.8, 4) is 11.3 Å². The fraction of sp³-hybridized carbons (Fsp3) is 0.0500. The molecule has 0 fully saturated rings. The molecule has 0 aliphatic carbocycles. The van der Waals surface area contributed by atoms with Crippen molar-refractivity contribution in [2.45, 2.75) is 6.92 Å². The van der Waals surface area contributed by atoms with Crippen LogP contribution in [0.15, 0.2) is 65.5 Å². The van der Waals surface area contributed by atoms with Crippen LogP contribution in [0.25, 0.3) is 11.3 Å². The van der Waals surface area contributed by atoms with E-state index < -0.39 is 17.1 Å². The lowest BCUT2D eigenvalue weighted by Crippen LogP contribution is -2.21. The number of H-pyrrole nitrogens is 1. The molecule has 26 heavy (non-hydrogen) atoms. The lowest BCUT2D eigenvalue weighted by molar-refractivity contribution is 0.101. The molecule has 1 amide bonds. The third kappa shape index (κ3) is 3.73. The second kappa shape index (κ2) is 7.37. The van der Waals surface area contributed by atoms with Gasteiger partial charge in [0.2, 0.25) is 0 Å². The number of Topliss-reactive ketones (excluding diaryl/α,β-unsaturated/α-hetero) is 1. The first kappa shape index (κ1) is 17.6. The molecule has 1 heterocycles. The summed E-state index contributed by atoms with van der Waals surface area (Å²) in [5.74, 6) is -0.780. The van der Waals surface area contributed by atoms with Crippen LogP contribution < -0.4 is 10.7 Å². The molecule has 2 aromatic carbocycles. The fourth-order valence-electron chi connectivity index (χ4n) is 2.56. The van der Waals surface area contributed by atoms with Gasteiger partial charge in [-0.3, -0.25) is 14.4 Å². The van der Waals surface area contributed by atoms with E-state index in [1.165, 1.54) is 13.0 Å². The first-order chi connectivity index (χ1) is 12.5. The molecule has 0 radical (unpaired) electrons. The summed E-state index contributed by atoms with van der Waals surface area (Å²) in [6.07, 6.45) is 0. The summed E-state index contributed by atoms with van der Waals surface area (Å²) in [4.78, 5) is 39.8. The lowest BCUT2D eigenvalue weighted by atomic mass is 10.1. The van der Waals surface area contributed by atoms with Gasteiger partial charge in [0.1, 0.15) is 11.4 Å². The van der Waals surface area contributed by atoms with Gasteiger partial charge in [-0.2, -0.15) is 0 Å². The SMILES string of the molecule is CC(=O)c1c(NC(=O)c2ccccc2)[nH]c(-c2ccc(Cl)cc2)cc1=O. The number of nitrogens with one attached hydrogen (secondary N) is 2. The van der Waals surface area contributed by atoms with Gasteiger partial charge in [0.25, 0.3) is 5.91 Å². The number of rotatable bonds is 4. The number of carbonyl (C=O) groups excluding carboxylic acids is 2. The number of halogens is 1. The molecule has 130 valence electrons. The molecular formula is C20H15ClN2O3. The predicted molar refractivity (Wildman–Crippen MR) is 102 cm³/mol. The molecule has 0 saturated carbocycles. The Morgan fingerprint density at radius 3 is 2.27 bits per heavy atom. The van der Waals surface area contributed by atoms with Crippen LogP contribution in [-0.4, -0.2) is 16.7 Å². The summed E-state index contributed by atoms with van der Waals surface area (Å²) in [5, 5.41) is 3.19. The first-order valence-corrected chi connectivity index (χ1v) is 8.24. The normalized spacial score (nSPS) is 10.4. The van der Waals surface area contributed by atoms with Crippen molar-refractivity contribution in [2.75, 3.05) is 5.32 Å². The van der Waals surface area contributed by atoms with Gasteiger partial charge in [0.15, 0.2) is 11.2 Å². The van der Waals surface area contributed by atoms with E-state index in [1.807, 2.05) is 0 Å². The van der Waals surface area contributed by atoms with Crippen LogP contribution >= 0.6 is 11.6 Å². The smallest absolute Gasteiger partial charge is 0.256 e. The number of aromatic nitrogens is 1. The number of aromatic amines is 1. The standard InChI is InChI=1S/C20H15ClN2O3/c1-12(24)18-17(25)11-16(13-7-9-15(21)10-8-13)22-19(18)23-20(26)14-5-3-2-4-6-14/h2-11H,1H3,(H2,22,23,25,26). The van der Waals surface area contributed by atoms with Gasteiger partial charge in [-0.15, -0.1) is 0 Å². The van der Waals surface area contributed by atoms with Crippen molar-refractivity contribution in [1.29, 1.82) is 0 Å². The van der Waals surface area contributed by atoms with Crippen LogP contribution in [-0.2, 0) is 0 Å². The van der Waals surface area contributed by atoms with Crippen LogP contribution in [0.5, 0.6) is 0 Å². The maximum atomic E-state index is 12.4. The van der Waals surface area contributed by atoms with Crippen LogP contribution in [0.2, 0.25) is 5.02 Å². The molecule has 0 aliphatic heterocycles. The molecular weight excluding hydrogens is 352 g/mol. The molecule has 1 aromatic heterocycles. The Hall–Kier alpha value is -3.18. The lowest BCUT2D eigenvalue weighted by Gasteiger charge is -2.12. The van der Waals surface area contributed by atoms with E-state index in [-0.39, 0.29) is 11.4 Å². The maximum Gasteiger partial charge on any atom is 0.256 e. The van der Waals surface area contributed by atoms with Crippen LogP contribution in [0.4, 0.5) is 5.82 Å². The highest BCUT2D eigenvalue weighted by Crippen LogP contribution is 2.22. The zero-order valence-electron chi connectivity index (χ0n) is 13.9. The van der Waals surface area contributed by atoms with E-state index in [1.54, 1.807) is 54.6 Å². The minimum atomic E-state index is -0.468. The third-order valence-electron chi connectivity index (χ3n) is 3.81. The number of hydrogen-bond donors (Lipinski definition) is 2. The van der Waals surface area contributed by atoms with E-state index in [4.69, 9.17) is 11.6 Å². The minimum absolute atomic E-state index is 0.0730. The molecule has 3 aromatic rings. The zero-order chi connectivity index (χ0) is 18.7. The predicted octanol–water partition coefficient (Wildman–Crippen LogP) is 4.15. The van der Waals surface area contributed by atoms with Gasteiger partial charge in [0.05, 0.1) is 5.69 Å². The third-order valence-corrected chi connectivity index (χ3v) is 4.07. The summed E-state index contributed by atoms with van der Waals surface area (Å²) < 4.78 is 0. The quantitative estimate of drug-likeness (QED) is 0.681. The summed E-state index contributed by atoms with van der Waals surface area (Å²) in [6, 6.07) is 16.7. The number of anilines is 1. The van der Waals surface area contributed by atoms with Gasteiger partial charge in [-0.25, -0.2) is 0 Å². The van der Waals surface area contributed by atoms with E-state index in [9.17, 15) is 14.4 Å². The topological polar surface area (TPSA) is 79.0 Å². The maximum absolute atomic E-state index is 12.4. The largest absolute Gasteiger partial charge is 0.340 e. The Balaban J connectivity index is 2.07. The van der Waals surface area contributed by atoms with Crippen LogP contribution in [0.1, 0.15) is 27.6 Å². The molecule has 0 bridgehead atoms. The highest BCUT2D eigenvalue weighted by molar-refractivity contribution is 6.30. The fourth-order valence-corrected chi connectivity index (χ4v) is 2.69. The second-order valence-corrected chi connectivity index (χ2v) is 6.12. The molecule has 0 unspecified atom stereocenters. The van der Waals surface area contributed by atoms with Gasteiger partial charge >= 0.3 is 0 Å². The molecule has 5 nitrogen and oxygen atoms in total. The molecule has 0 saturated heterocycles. The van der Waals surface area contributed by atoms with E-state index >= 15 is 0 Å². The first-order valence-electron chi connectivity index (χ1n) is 7.86. The van der Waals surface area contributed by atoms with Crippen molar-refractivity contribution < 1.29 is 9.59 Å². The van der Waals surface area contributed by atoms with Gasteiger partial charge < -0.3 is 10.3 Å². The molecule has 3 rings (SSSR count). The Labute approximate surface area is 154 Å². The Bertz CT molecular complexity index is 1030. The number of amides is 1. The number of carbonyl (C=O) groups is 2. The minimum Gasteiger partial charge on any atom is -0.340 e. The van der Waals surface area contributed by atoms with E-state index in [0.717, 1.165) is 0 Å². The van der Waals surface area contributed by atoms with Crippen molar-refractivity contribution in [3.63, 3.8) is 0 Å². The highest BCUT2D eigenvalue weighted by Gasteiger charge is 2.17. The monoisotopic (exact) mass is 366 g/mol. The molecule has 2 N–H and O–H groups in total. The second-order valence-electron chi connectivity index (χ2n) is 5.68. The number of pyridine rings is 1. The summed E-state index contributed by atoms with van der Waals surface area (Å²) in [6.45, 7) is 1.28. The molecule has 0 spiro atoms. The Morgan fingerprint density at radius 2 is 1.65 bits per heavy atom. The van der Waals surface area contributed by atoms with Crippen LogP contribution in [0, 0.1) is 0 Å². The van der Waals surface area contributed by atoms with Gasteiger partial charge in [-0.05, 0) is 36.8 Å². The van der Waals surface area contributed by atoms with Crippen molar-refractivity contribution >= 4 is 29.1 Å².